The van der Waals surface area contributed by atoms with Crippen molar-refractivity contribution in [2.75, 3.05) is 25.9 Å². The monoisotopic (exact) mass is 286 g/mol. The van der Waals surface area contributed by atoms with Crippen molar-refractivity contribution in [1.82, 2.24) is 10.2 Å². The van der Waals surface area contributed by atoms with Crippen LogP contribution in [0.3, 0.4) is 0 Å². The third-order valence-electron chi connectivity index (χ3n) is 4.84. The molecule has 1 aliphatic rings. The fraction of sp³-hybridized carbons (Fsp3) is 1.00. The van der Waals surface area contributed by atoms with E-state index in [-0.39, 0.29) is 5.54 Å². The van der Waals surface area contributed by atoms with Crippen LogP contribution in [0.15, 0.2) is 0 Å². The Balaban J connectivity index is 2.85. The molecule has 3 heteroatoms. The zero-order valence-electron chi connectivity index (χ0n) is 14.0. The Morgan fingerprint density at radius 1 is 1.32 bits per heavy atom. The topological polar surface area (TPSA) is 15.3 Å². The lowest BCUT2D eigenvalue weighted by Crippen LogP contribution is -2.64. The van der Waals surface area contributed by atoms with Crippen LogP contribution < -0.4 is 5.32 Å². The minimum atomic E-state index is 0.247. The normalized spacial score (nSPS) is 24.9. The largest absolute Gasteiger partial charge is 0.309 e. The predicted octanol–water partition coefficient (Wildman–Crippen LogP) is 3.62. The van der Waals surface area contributed by atoms with Gasteiger partial charge >= 0.3 is 0 Å². The van der Waals surface area contributed by atoms with Gasteiger partial charge in [-0.25, -0.2) is 0 Å². The molecule has 0 aromatic heterocycles. The third kappa shape index (κ3) is 4.37. The Kier molecular flexibility index (Phi) is 6.22. The Morgan fingerprint density at radius 2 is 1.89 bits per heavy atom. The standard InChI is InChI=1S/C16H34N2S/c1-8-16(9-2,19-7)12-18-11-15(5,6)17-10-14(18)13(3)4/h13-14,17H,8-12H2,1-7H3. The molecule has 1 unspecified atom stereocenters. The zero-order chi connectivity index (χ0) is 14.7. The van der Waals surface area contributed by atoms with Gasteiger partial charge in [-0.1, -0.05) is 27.7 Å². The Hall–Kier alpha value is 0.270. The maximum atomic E-state index is 3.71. The van der Waals surface area contributed by atoms with Gasteiger partial charge in [0.15, 0.2) is 0 Å². The van der Waals surface area contributed by atoms with Gasteiger partial charge in [0.2, 0.25) is 0 Å². The van der Waals surface area contributed by atoms with E-state index in [9.17, 15) is 0 Å². The van der Waals surface area contributed by atoms with Crippen molar-refractivity contribution in [3.63, 3.8) is 0 Å². The molecule has 0 aromatic rings. The van der Waals surface area contributed by atoms with Crippen molar-refractivity contribution in [2.45, 2.75) is 70.7 Å². The minimum absolute atomic E-state index is 0.247. The SMILES string of the molecule is CCC(CC)(CN1CC(C)(C)NCC1C(C)C)SC. The Morgan fingerprint density at radius 3 is 2.32 bits per heavy atom. The number of hydrogen-bond acceptors (Lipinski definition) is 3. The summed E-state index contributed by atoms with van der Waals surface area (Å²) in [4.78, 5) is 2.75. The summed E-state index contributed by atoms with van der Waals surface area (Å²) in [6.45, 7) is 17.6. The van der Waals surface area contributed by atoms with Gasteiger partial charge in [-0.15, -0.1) is 0 Å². The van der Waals surface area contributed by atoms with Crippen LogP contribution in [0.4, 0.5) is 0 Å². The van der Waals surface area contributed by atoms with Gasteiger partial charge in [-0.2, -0.15) is 11.8 Å². The summed E-state index contributed by atoms with van der Waals surface area (Å²) in [6, 6.07) is 0.678. The van der Waals surface area contributed by atoms with Crippen LogP contribution in [-0.2, 0) is 0 Å². The number of piperazine rings is 1. The van der Waals surface area contributed by atoms with Crippen LogP contribution in [0.1, 0.15) is 54.4 Å². The third-order valence-corrected chi connectivity index (χ3v) is 6.41. The molecule has 2 nitrogen and oxygen atoms in total. The van der Waals surface area contributed by atoms with Crippen LogP contribution in [0.25, 0.3) is 0 Å². The van der Waals surface area contributed by atoms with Crippen LogP contribution in [-0.4, -0.2) is 47.1 Å². The van der Waals surface area contributed by atoms with E-state index in [2.05, 4.69) is 69.8 Å². The summed E-state index contributed by atoms with van der Waals surface area (Å²) >= 11 is 2.06. The highest BCUT2D eigenvalue weighted by Gasteiger charge is 2.38. The van der Waals surface area contributed by atoms with Gasteiger partial charge in [-0.3, -0.25) is 4.90 Å². The first-order valence-electron chi connectivity index (χ1n) is 7.83. The summed E-state index contributed by atoms with van der Waals surface area (Å²) in [7, 11) is 0. The molecule has 0 bridgehead atoms. The number of hydrogen-bond donors (Lipinski definition) is 1. The molecule has 1 heterocycles. The molecule has 1 fully saturated rings. The molecule has 1 rings (SSSR count). The molecular weight excluding hydrogens is 252 g/mol. The molecule has 0 aliphatic carbocycles. The molecule has 0 saturated carbocycles. The fourth-order valence-corrected chi connectivity index (χ4v) is 4.09. The number of rotatable bonds is 6. The van der Waals surface area contributed by atoms with Crippen molar-refractivity contribution in [2.24, 2.45) is 5.92 Å². The number of thioether (sulfide) groups is 1. The van der Waals surface area contributed by atoms with E-state index in [1.54, 1.807) is 0 Å². The van der Waals surface area contributed by atoms with Gasteiger partial charge in [0.1, 0.15) is 0 Å². The van der Waals surface area contributed by atoms with Gasteiger partial charge in [-0.05, 0) is 38.9 Å². The average molecular weight is 287 g/mol. The first kappa shape index (κ1) is 17.3. The van der Waals surface area contributed by atoms with Crippen LogP contribution in [0, 0.1) is 5.92 Å². The molecule has 0 amide bonds. The molecule has 19 heavy (non-hydrogen) atoms. The fourth-order valence-electron chi connectivity index (χ4n) is 3.22. The minimum Gasteiger partial charge on any atom is -0.309 e. The second-order valence-corrected chi connectivity index (χ2v) is 8.35. The molecule has 114 valence electrons. The van der Waals surface area contributed by atoms with Gasteiger partial charge in [0, 0.05) is 36.0 Å². The Labute approximate surface area is 125 Å². The summed E-state index contributed by atoms with van der Waals surface area (Å²) < 4.78 is 0.431. The lowest BCUT2D eigenvalue weighted by molar-refractivity contribution is 0.0593. The van der Waals surface area contributed by atoms with E-state index in [1.807, 2.05) is 0 Å². The van der Waals surface area contributed by atoms with Crippen LogP contribution in [0.5, 0.6) is 0 Å². The van der Waals surface area contributed by atoms with E-state index in [4.69, 9.17) is 0 Å². The molecule has 0 aromatic carbocycles. The first-order chi connectivity index (χ1) is 8.79. The second-order valence-electron chi connectivity index (χ2n) is 7.08. The van der Waals surface area contributed by atoms with E-state index in [0.29, 0.717) is 10.8 Å². The molecule has 0 spiro atoms. The van der Waals surface area contributed by atoms with E-state index in [0.717, 1.165) is 19.0 Å². The van der Waals surface area contributed by atoms with Crippen LogP contribution >= 0.6 is 11.8 Å². The summed E-state index contributed by atoms with van der Waals surface area (Å²) in [5.74, 6) is 0.719. The van der Waals surface area contributed by atoms with E-state index >= 15 is 0 Å². The number of nitrogens with zero attached hydrogens (tertiary/aromatic N) is 1. The second kappa shape index (κ2) is 6.82. The van der Waals surface area contributed by atoms with Crippen molar-refractivity contribution < 1.29 is 0 Å². The highest BCUT2D eigenvalue weighted by molar-refractivity contribution is 8.00. The smallest absolute Gasteiger partial charge is 0.0279 e. The number of nitrogens with one attached hydrogen (secondary N) is 1. The van der Waals surface area contributed by atoms with Crippen molar-refractivity contribution in [3.8, 4) is 0 Å². The molecule has 1 aliphatic heterocycles. The molecular formula is C16H34N2S. The first-order valence-corrected chi connectivity index (χ1v) is 9.06. The summed E-state index contributed by atoms with van der Waals surface area (Å²) in [6.07, 6.45) is 4.81. The summed E-state index contributed by atoms with van der Waals surface area (Å²) in [5, 5.41) is 3.71. The predicted molar refractivity (Wildman–Crippen MR) is 89.1 cm³/mol. The van der Waals surface area contributed by atoms with Crippen LogP contribution in [0.2, 0.25) is 0 Å². The van der Waals surface area contributed by atoms with Gasteiger partial charge < -0.3 is 5.32 Å². The van der Waals surface area contributed by atoms with E-state index in [1.165, 1.54) is 19.4 Å². The molecule has 1 N–H and O–H groups in total. The molecule has 0 radical (unpaired) electrons. The highest BCUT2D eigenvalue weighted by Crippen LogP contribution is 2.34. The van der Waals surface area contributed by atoms with Crippen molar-refractivity contribution in [1.29, 1.82) is 0 Å². The quantitative estimate of drug-likeness (QED) is 0.803. The lowest BCUT2D eigenvalue weighted by atomic mass is 9.90. The zero-order valence-corrected chi connectivity index (χ0v) is 14.9. The molecule has 1 saturated heterocycles. The van der Waals surface area contributed by atoms with E-state index < -0.39 is 0 Å². The highest BCUT2D eigenvalue weighted by atomic mass is 32.2. The lowest BCUT2D eigenvalue weighted by Gasteiger charge is -2.49. The molecule has 1 atom stereocenters. The maximum Gasteiger partial charge on any atom is 0.0279 e. The van der Waals surface area contributed by atoms with Crippen molar-refractivity contribution in [3.05, 3.63) is 0 Å². The maximum absolute atomic E-state index is 3.71. The summed E-state index contributed by atoms with van der Waals surface area (Å²) in [5.41, 5.74) is 0.247. The Bertz CT molecular complexity index is 264. The van der Waals surface area contributed by atoms with Gasteiger partial charge in [0.25, 0.3) is 0 Å². The average Bonchev–Trinajstić information content (AvgIpc) is 2.34. The van der Waals surface area contributed by atoms with Crippen molar-refractivity contribution >= 4 is 11.8 Å². The van der Waals surface area contributed by atoms with Gasteiger partial charge in [0.05, 0.1) is 0 Å².